The summed E-state index contributed by atoms with van der Waals surface area (Å²) in [6.07, 6.45) is 11.6. The van der Waals surface area contributed by atoms with Crippen LogP contribution in [0.25, 0.3) is 10.9 Å². The van der Waals surface area contributed by atoms with Crippen LogP contribution in [-0.2, 0) is 13.7 Å². The Morgan fingerprint density at radius 1 is 1.17 bits per heavy atom. The summed E-state index contributed by atoms with van der Waals surface area (Å²) in [5.74, 6) is 0.895. The van der Waals surface area contributed by atoms with E-state index in [9.17, 15) is 4.79 Å². The van der Waals surface area contributed by atoms with E-state index >= 15 is 0 Å². The van der Waals surface area contributed by atoms with E-state index in [0.29, 0.717) is 29.2 Å². The molecule has 2 fully saturated rings. The van der Waals surface area contributed by atoms with Gasteiger partial charge in [-0.15, -0.1) is 0 Å². The quantitative estimate of drug-likeness (QED) is 0.396. The van der Waals surface area contributed by atoms with Crippen LogP contribution in [0, 0.1) is 0 Å². The molecule has 35 heavy (non-hydrogen) atoms. The van der Waals surface area contributed by atoms with Crippen LogP contribution in [-0.4, -0.2) is 55.8 Å². The maximum atomic E-state index is 13.0. The van der Waals surface area contributed by atoms with Gasteiger partial charge in [-0.3, -0.25) is 9.48 Å². The highest BCUT2D eigenvalue weighted by Gasteiger charge is 2.29. The molecular formula is C24H26N8O3. The fraction of sp³-hybridized carbons (Fsp3) is 0.375. The summed E-state index contributed by atoms with van der Waals surface area (Å²) in [4.78, 5) is 28.2. The van der Waals surface area contributed by atoms with Crippen LogP contribution in [0.1, 0.15) is 35.4 Å². The van der Waals surface area contributed by atoms with Crippen molar-refractivity contribution < 1.29 is 13.9 Å². The van der Waals surface area contributed by atoms with E-state index in [1.807, 2.05) is 19.3 Å². The van der Waals surface area contributed by atoms with Crippen LogP contribution >= 0.6 is 0 Å². The van der Waals surface area contributed by atoms with Crippen molar-refractivity contribution in [2.75, 3.05) is 23.3 Å². The summed E-state index contributed by atoms with van der Waals surface area (Å²) in [6.45, 7) is 2.04. The molecule has 1 aromatic carbocycles. The zero-order valence-electron chi connectivity index (χ0n) is 19.3. The van der Waals surface area contributed by atoms with E-state index in [0.717, 1.165) is 36.2 Å². The minimum Gasteiger partial charge on any atom is -0.485 e. The highest BCUT2D eigenvalue weighted by atomic mass is 16.5. The fourth-order valence-corrected chi connectivity index (χ4v) is 4.33. The second-order valence-corrected chi connectivity index (χ2v) is 9.06. The number of nitrogens with zero attached hydrogens (tertiary/aromatic N) is 6. The van der Waals surface area contributed by atoms with Crippen molar-refractivity contribution in [2.24, 2.45) is 7.05 Å². The molecular weight excluding hydrogens is 448 g/mol. The van der Waals surface area contributed by atoms with Crippen molar-refractivity contribution >= 4 is 28.3 Å². The Kier molecular flexibility index (Phi) is 5.53. The van der Waals surface area contributed by atoms with Gasteiger partial charge in [0.05, 0.1) is 23.6 Å². The molecule has 1 saturated heterocycles. The smallest absolute Gasteiger partial charge is 0.275 e. The lowest BCUT2D eigenvalue weighted by Crippen LogP contribution is -2.34. The fourth-order valence-electron chi connectivity index (χ4n) is 4.33. The van der Waals surface area contributed by atoms with Gasteiger partial charge in [0.15, 0.2) is 6.39 Å². The molecule has 1 saturated carbocycles. The highest BCUT2D eigenvalue weighted by Crippen LogP contribution is 2.31. The van der Waals surface area contributed by atoms with E-state index in [4.69, 9.17) is 9.15 Å². The number of carbonyl (C=O) groups excluding carboxylic acids is 1. The number of anilines is 2. The number of nitrogens with one attached hydrogen (secondary N) is 2. The lowest BCUT2D eigenvalue weighted by Gasteiger charge is -2.17. The summed E-state index contributed by atoms with van der Waals surface area (Å²) >= 11 is 0. The van der Waals surface area contributed by atoms with E-state index in [1.165, 1.54) is 31.7 Å². The number of hydrogen-bond donors (Lipinski definition) is 2. The second kappa shape index (κ2) is 8.99. The first-order chi connectivity index (χ1) is 17.1. The predicted octanol–water partition coefficient (Wildman–Crippen LogP) is 2.51. The van der Waals surface area contributed by atoms with Crippen molar-refractivity contribution in [1.82, 2.24) is 30.0 Å². The first kappa shape index (κ1) is 21.5. The number of oxazole rings is 1. The van der Waals surface area contributed by atoms with E-state index in [-0.39, 0.29) is 18.2 Å². The predicted molar refractivity (Wildman–Crippen MR) is 128 cm³/mol. The van der Waals surface area contributed by atoms with Crippen molar-refractivity contribution in [2.45, 2.75) is 38.0 Å². The molecule has 4 aromatic rings. The number of rotatable bonds is 8. The maximum Gasteiger partial charge on any atom is 0.275 e. The topological polar surface area (TPSA) is 123 Å². The molecule has 3 aromatic heterocycles. The van der Waals surface area contributed by atoms with Crippen molar-refractivity contribution in [3.05, 3.63) is 54.8 Å². The van der Waals surface area contributed by atoms with Crippen molar-refractivity contribution in [3.63, 3.8) is 0 Å². The Morgan fingerprint density at radius 3 is 2.86 bits per heavy atom. The Bertz CT molecular complexity index is 1330. The van der Waals surface area contributed by atoms with Crippen LogP contribution < -0.4 is 20.3 Å². The second-order valence-electron chi connectivity index (χ2n) is 9.06. The van der Waals surface area contributed by atoms with Crippen LogP contribution in [0.4, 0.5) is 11.5 Å². The number of hydrogen-bond acceptors (Lipinski definition) is 9. The van der Waals surface area contributed by atoms with E-state index < -0.39 is 0 Å². The van der Waals surface area contributed by atoms with Gasteiger partial charge in [-0.2, -0.15) is 5.10 Å². The van der Waals surface area contributed by atoms with Gasteiger partial charge in [-0.1, -0.05) is 0 Å². The molecule has 180 valence electrons. The number of ether oxygens (including phenoxy) is 1. The number of benzene rings is 1. The third-order valence-corrected chi connectivity index (χ3v) is 6.26. The highest BCUT2D eigenvalue weighted by molar-refractivity contribution is 6.04. The van der Waals surface area contributed by atoms with Gasteiger partial charge >= 0.3 is 0 Å². The normalized spacial score (nSPS) is 17.7. The molecule has 1 aliphatic heterocycles. The monoisotopic (exact) mass is 474 g/mol. The number of aromatic nitrogens is 5. The number of aryl methyl sites for hydroxylation is 1. The van der Waals surface area contributed by atoms with Gasteiger partial charge in [-0.05, 0) is 25.3 Å². The van der Waals surface area contributed by atoms with Crippen molar-refractivity contribution in [1.29, 1.82) is 0 Å². The molecule has 0 radical (unpaired) electrons. The molecule has 2 aliphatic rings. The zero-order chi connectivity index (χ0) is 23.8. The minimum absolute atomic E-state index is 0.193. The van der Waals surface area contributed by atoms with Gasteiger partial charge in [0.2, 0.25) is 0 Å². The molecule has 11 nitrogen and oxygen atoms in total. The Morgan fingerprint density at radius 2 is 2.09 bits per heavy atom. The molecule has 1 atom stereocenters. The Balaban J connectivity index is 1.17. The van der Waals surface area contributed by atoms with Gasteiger partial charge in [-0.25, -0.2) is 15.0 Å². The van der Waals surface area contributed by atoms with Gasteiger partial charge in [0.1, 0.15) is 35.8 Å². The third kappa shape index (κ3) is 4.80. The molecule has 1 aliphatic carbocycles. The Hall–Kier alpha value is -3.99. The van der Waals surface area contributed by atoms with Crippen molar-refractivity contribution in [3.8, 4) is 5.75 Å². The molecule has 4 heterocycles. The lowest BCUT2D eigenvalue weighted by atomic mass is 10.2. The van der Waals surface area contributed by atoms with E-state index in [1.54, 1.807) is 16.9 Å². The van der Waals surface area contributed by atoms with Crippen LogP contribution in [0.15, 0.2) is 47.8 Å². The minimum atomic E-state index is -0.367. The first-order valence-corrected chi connectivity index (χ1v) is 11.7. The molecule has 6 rings (SSSR count). The summed E-state index contributed by atoms with van der Waals surface area (Å²) in [5.41, 5.74) is 2.14. The van der Waals surface area contributed by atoms with Crippen LogP contribution in [0.2, 0.25) is 0 Å². The zero-order valence-corrected chi connectivity index (χ0v) is 19.3. The summed E-state index contributed by atoms with van der Waals surface area (Å²) < 4.78 is 12.6. The standard InChI is InChI=1S/C24H26N8O3/c1-31-10-15-6-20(22(7-19(15)30-31)35-13-18-12-34-14-27-18)29-24(33)21-8-26-23(9-25-21)32-5-4-17(11-32)28-16-2-3-16/h6-10,12,14,16-17,28H,2-5,11,13H2,1H3,(H,29,33)/t17-/m1/s1. The lowest BCUT2D eigenvalue weighted by molar-refractivity contribution is 0.102. The summed E-state index contributed by atoms with van der Waals surface area (Å²) in [6, 6.07) is 4.80. The average molecular weight is 475 g/mol. The van der Waals surface area contributed by atoms with Crippen LogP contribution in [0.3, 0.4) is 0 Å². The van der Waals surface area contributed by atoms with Gasteiger partial charge in [0.25, 0.3) is 5.91 Å². The van der Waals surface area contributed by atoms with E-state index in [2.05, 4.69) is 35.6 Å². The number of amides is 1. The third-order valence-electron chi connectivity index (χ3n) is 6.26. The largest absolute Gasteiger partial charge is 0.485 e. The Labute approximate surface area is 201 Å². The SMILES string of the molecule is Cn1cc2cc(NC(=O)c3cnc(N4CC[C@@H](NC5CC5)C4)cn3)c(OCc3cocn3)cc2n1. The molecule has 2 N–H and O–H groups in total. The molecule has 11 heteroatoms. The van der Waals surface area contributed by atoms with Crippen LogP contribution in [0.5, 0.6) is 5.75 Å². The summed E-state index contributed by atoms with van der Waals surface area (Å²) in [7, 11) is 1.84. The molecule has 0 bridgehead atoms. The molecule has 0 spiro atoms. The number of fused-ring (bicyclic) bond motifs is 1. The number of carbonyl (C=O) groups is 1. The summed E-state index contributed by atoms with van der Waals surface area (Å²) in [5, 5.41) is 11.9. The maximum absolute atomic E-state index is 13.0. The van der Waals surface area contributed by atoms with Gasteiger partial charge < -0.3 is 24.7 Å². The van der Waals surface area contributed by atoms with Gasteiger partial charge in [0, 0.05) is 49.9 Å². The molecule has 0 unspecified atom stereocenters. The molecule has 1 amide bonds. The first-order valence-electron chi connectivity index (χ1n) is 11.7. The average Bonchev–Trinajstić information content (AvgIpc) is 3.22.